The summed E-state index contributed by atoms with van der Waals surface area (Å²) < 4.78 is 5.90. The number of rotatable bonds is 5. The number of carbonyl (C=O) groups excluding carboxylic acids is 1. The van der Waals surface area contributed by atoms with Crippen molar-refractivity contribution < 1.29 is 9.53 Å². The van der Waals surface area contributed by atoms with E-state index in [9.17, 15) is 4.79 Å². The Hall–Kier alpha value is -1.81. The van der Waals surface area contributed by atoms with Crippen molar-refractivity contribution in [2.45, 2.75) is 26.2 Å². The summed E-state index contributed by atoms with van der Waals surface area (Å²) in [6.07, 6.45) is 1.10. The van der Waals surface area contributed by atoms with Crippen LogP contribution in [-0.4, -0.2) is 13.0 Å². The van der Waals surface area contributed by atoms with Gasteiger partial charge in [0.15, 0.2) is 0 Å². The quantitative estimate of drug-likeness (QED) is 0.792. The normalized spacial score (nSPS) is 11.8. The Morgan fingerprint density at radius 1 is 1.23 bits per heavy atom. The molecule has 0 aliphatic carbocycles. The van der Waals surface area contributed by atoms with Gasteiger partial charge in [-0.2, -0.15) is 0 Å². The molecule has 1 atom stereocenters. The average molecular weight is 362 g/mol. The zero-order chi connectivity index (χ0) is 16.1. The molecule has 0 fully saturated rings. The van der Waals surface area contributed by atoms with Crippen LogP contribution in [0.1, 0.15) is 42.1 Å². The van der Waals surface area contributed by atoms with Crippen molar-refractivity contribution in [3.05, 3.63) is 58.1 Å². The van der Waals surface area contributed by atoms with Gasteiger partial charge in [-0.25, -0.2) is 0 Å². The van der Waals surface area contributed by atoms with Crippen molar-refractivity contribution >= 4 is 27.5 Å². The van der Waals surface area contributed by atoms with E-state index in [2.05, 4.69) is 47.2 Å². The highest BCUT2D eigenvalue weighted by molar-refractivity contribution is 9.10. The van der Waals surface area contributed by atoms with Gasteiger partial charge in [-0.3, -0.25) is 4.79 Å². The fourth-order valence-electron chi connectivity index (χ4n) is 2.13. The fourth-order valence-corrected chi connectivity index (χ4v) is 2.56. The van der Waals surface area contributed by atoms with Gasteiger partial charge in [-0.1, -0.05) is 26.0 Å². The lowest BCUT2D eigenvalue weighted by Crippen LogP contribution is -2.12. The molecule has 3 nitrogen and oxygen atoms in total. The SMILES string of the molecule is CC[C@@H](C)c1ccc(NC(=O)c2cc(OC)ccc2Br)cc1. The molecule has 2 rings (SSSR count). The van der Waals surface area contributed by atoms with Crippen LogP contribution in [0.3, 0.4) is 0 Å². The lowest BCUT2D eigenvalue weighted by Gasteiger charge is -2.11. The number of anilines is 1. The molecule has 0 saturated heterocycles. The van der Waals surface area contributed by atoms with Crippen molar-refractivity contribution in [3.63, 3.8) is 0 Å². The Morgan fingerprint density at radius 3 is 2.50 bits per heavy atom. The summed E-state index contributed by atoms with van der Waals surface area (Å²) in [4.78, 5) is 12.4. The van der Waals surface area contributed by atoms with Crippen LogP contribution < -0.4 is 10.1 Å². The van der Waals surface area contributed by atoms with Crippen LogP contribution in [0.5, 0.6) is 5.75 Å². The average Bonchev–Trinajstić information content (AvgIpc) is 2.55. The number of halogens is 1. The van der Waals surface area contributed by atoms with E-state index in [1.54, 1.807) is 19.2 Å². The monoisotopic (exact) mass is 361 g/mol. The van der Waals surface area contributed by atoms with E-state index in [-0.39, 0.29) is 5.91 Å². The highest BCUT2D eigenvalue weighted by Crippen LogP contribution is 2.24. The van der Waals surface area contributed by atoms with Gasteiger partial charge in [0.1, 0.15) is 5.75 Å². The predicted molar refractivity (Wildman–Crippen MR) is 93.8 cm³/mol. The molecule has 0 radical (unpaired) electrons. The number of nitrogens with one attached hydrogen (secondary N) is 1. The molecular formula is C18H20BrNO2. The molecule has 0 aliphatic heterocycles. The number of benzene rings is 2. The van der Waals surface area contributed by atoms with Gasteiger partial charge in [-0.15, -0.1) is 0 Å². The second kappa shape index (κ2) is 7.45. The maximum absolute atomic E-state index is 12.4. The number of carbonyl (C=O) groups is 1. The van der Waals surface area contributed by atoms with Gasteiger partial charge in [0.05, 0.1) is 12.7 Å². The molecule has 0 aliphatic rings. The van der Waals surface area contributed by atoms with E-state index in [0.717, 1.165) is 16.6 Å². The van der Waals surface area contributed by atoms with Crippen molar-refractivity contribution in [1.29, 1.82) is 0 Å². The first kappa shape index (κ1) is 16.6. The number of hydrogen-bond donors (Lipinski definition) is 1. The third kappa shape index (κ3) is 3.89. The highest BCUT2D eigenvalue weighted by atomic mass is 79.9. The molecular weight excluding hydrogens is 342 g/mol. The van der Waals surface area contributed by atoms with Crippen molar-refractivity contribution in [3.8, 4) is 5.75 Å². The summed E-state index contributed by atoms with van der Waals surface area (Å²) in [6.45, 7) is 4.36. The Labute approximate surface area is 139 Å². The van der Waals surface area contributed by atoms with Gasteiger partial charge < -0.3 is 10.1 Å². The largest absolute Gasteiger partial charge is 0.497 e. The number of hydrogen-bond acceptors (Lipinski definition) is 2. The van der Waals surface area contributed by atoms with Gasteiger partial charge in [-0.05, 0) is 64.2 Å². The van der Waals surface area contributed by atoms with E-state index in [4.69, 9.17) is 4.74 Å². The topological polar surface area (TPSA) is 38.3 Å². The lowest BCUT2D eigenvalue weighted by atomic mass is 9.98. The van der Waals surface area contributed by atoms with Crippen molar-refractivity contribution in [2.24, 2.45) is 0 Å². The molecule has 22 heavy (non-hydrogen) atoms. The predicted octanol–water partition coefficient (Wildman–Crippen LogP) is 5.22. The maximum atomic E-state index is 12.4. The van der Waals surface area contributed by atoms with Crippen LogP contribution >= 0.6 is 15.9 Å². The highest BCUT2D eigenvalue weighted by Gasteiger charge is 2.12. The van der Waals surface area contributed by atoms with Crippen LogP contribution in [0.2, 0.25) is 0 Å². The molecule has 2 aromatic carbocycles. The molecule has 1 N–H and O–H groups in total. The summed E-state index contributed by atoms with van der Waals surface area (Å²) in [6, 6.07) is 13.3. The van der Waals surface area contributed by atoms with Crippen LogP contribution in [0, 0.1) is 0 Å². The number of ether oxygens (including phenoxy) is 1. The van der Waals surface area contributed by atoms with Crippen LogP contribution in [0.25, 0.3) is 0 Å². The maximum Gasteiger partial charge on any atom is 0.256 e. The molecule has 116 valence electrons. The molecule has 0 saturated carbocycles. The summed E-state index contributed by atoms with van der Waals surface area (Å²) in [5.74, 6) is 1.01. The summed E-state index contributed by atoms with van der Waals surface area (Å²) >= 11 is 3.40. The van der Waals surface area contributed by atoms with Gasteiger partial charge in [0.2, 0.25) is 0 Å². The van der Waals surface area contributed by atoms with Crippen LogP contribution in [0.4, 0.5) is 5.69 Å². The lowest BCUT2D eigenvalue weighted by molar-refractivity contribution is 0.102. The first-order valence-corrected chi connectivity index (χ1v) is 8.09. The second-order valence-corrected chi connectivity index (χ2v) is 6.09. The van der Waals surface area contributed by atoms with Gasteiger partial charge >= 0.3 is 0 Å². The summed E-state index contributed by atoms with van der Waals surface area (Å²) in [5.41, 5.74) is 2.61. The Morgan fingerprint density at radius 2 is 1.91 bits per heavy atom. The number of amides is 1. The van der Waals surface area contributed by atoms with Crippen molar-refractivity contribution in [2.75, 3.05) is 12.4 Å². The van der Waals surface area contributed by atoms with Gasteiger partial charge in [0, 0.05) is 10.2 Å². The van der Waals surface area contributed by atoms with Crippen LogP contribution in [0.15, 0.2) is 46.9 Å². The third-order valence-corrected chi connectivity index (χ3v) is 4.46. The van der Waals surface area contributed by atoms with E-state index >= 15 is 0 Å². The Bertz CT molecular complexity index is 653. The molecule has 0 bridgehead atoms. The van der Waals surface area contributed by atoms with E-state index < -0.39 is 0 Å². The summed E-state index contributed by atoms with van der Waals surface area (Å²) in [7, 11) is 1.58. The van der Waals surface area contributed by atoms with Gasteiger partial charge in [0.25, 0.3) is 5.91 Å². The Kier molecular flexibility index (Phi) is 5.61. The Balaban J connectivity index is 2.15. The van der Waals surface area contributed by atoms with E-state index in [1.165, 1.54) is 5.56 Å². The van der Waals surface area contributed by atoms with E-state index in [1.807, 2.05) is 18.2 Å². The minimum atomic E-state index is -0.165. The minimum Gasteiger partial charge on any atom is -0.497 e. The minimum absolute atomic E-state index is 0.165. The fraction of sp³-hybridized carbons (Fsp3) is 0.278. The van der Waals surface area contributed by atoms with Crippen molar-refractivity contribution in [1.82, 2.24) is 0 Å². The molecule has 2 aromatic rings. The summed E-state index contributed by atoms with van der Waals surface area (Å²) in [5, 5.41) is 2.91. The zero-order valence-electron chi connectivity index (χ0n) is 13.0. The first-order chi connectivity index (χ1) is 10.5. The smallest absolute Gasteiger partial charge is 0.256 e. The van der Waals surface area contributed by atoms with E-state index in [0.29, 0.717) is 17.2 Å². The third-order valence-electron chi connectivity index (χ3n) is 3.77. The zero-order valence-corrected chi connectivity index (χ0v) is 14.6. The molecule has 0 aromatic heterocycles. The number of methoxy groups -OCH3 is 1. The standard InChI is InChI=1S/C18H20BrNO2/c1-4-12(2)13-5-7-14(8-6-13)20-18(21)16-11-15(22-3)9-10-17(16)19/h5-12H,4H2,1-3H3,(H,20,21)/t12-/m1/s1. The molecule has 0 spiro atoms. The molecule has 4 heteroatoms. The molecule has 1 amide bonds. The molecule has 0 unspecified atom stereocenters. The van der Waals surface area contributed by atoms with Crippen LogP contribution in [-0.2, 0) is 0 Å². The second-order valence-electron chi connectivity index (χ2n) is 5.23. The molecule has 0 heterocycles. The first-order valence-electron chi connectivity index (χ1n) is 7.30.